The van der Waals surface area contributed by atoms with Crippen LogP contribution < -0.4 is 5.56 Å². The largest absolute Gasteiger partial charge is 0.308 e. The molecule has 0 saturated carbocycles. The van der Waals surface area contributed by atoms with Crippen LogP contribution in [-0.4, -0.2) is 50.8 Å². The van der Waals surface area contributed by atoms with Gasteiger partial charge in [0.1, 0.15) is 11.6 Å². The van der Waals surface area contributed by atoms with E-state index in [9.17, 15) is 17.6 Å². The second-order valence-corrected chi connectivity index (χ2v) is 11.1. The van der Waals surface area contributed by atoms with E-state index in [2.05, 4.69) is 20.3 Å². The van der Waals surface area contributed by atoms with Gasteiger partial charge < -0.3 is 4.98 Å². The molecule has 3 heterocycles. The van der Waals surface area contributed by atoms with Crippen LogP contribution in [0.25, 0.3) is 21.9 Å². The van der Waals surface area contributed by atoms with Gasteiger partial charge in [0.25, 0.3) is 5.56 Å². The van der Waals surface area contributed by atoms with Crippen molar-refractivity contribution in [3.63, 3.8) is 0 Å². The Morgan fingerprint density at radius 2 is 1.76 bits per heavy atom. The molecule has 5 aromatic rings. The fraction of sp³-hybridized carbons (Fsp3) is 0.231. The van der Waals surface area contributed by atoms with Gasteiger partial charge in [-0.05, 0) is 42.0 Å². The lowest BCUT2D eigenvalue weighted by molar-refractivity contribution is 0.313. The second kappa shape index (κ2) is 9.16. The summed E-state index contributed by atoms with van der Waals surface area (Å²) < 4.78 is 43.6. The summed E-state index contributed by atoms with van der Waals surface area (Å²) in [5.41, 5.74) is 0.684. The van der Waals surface area contributed by atoms with Gasteiger partial charge >= 0.3 is 0 Å². The van der Waals surface area contributed by atoms with Gasteiger partial charge in [-0.15, -0.1) is 5.10 Å². The number of nitrogens with zero attached hydrogens (tertiary/aromatic N) is 5. The minimum absolute atomic E-state index is 0.108. The minimum atomic E-state index is -3.69. The zero-order chi connectivity index (χ0) is 25.6. The SMILES string of the molecule is O=c1[nH]c(C2CCN(S(=O)(=O)c3cccc4ccccc34)CC2)nc2c1nnn2Cc1cccc(F)c1. The van der Waals surface area contributed by atoms with Gasteiger partial charge in [0, 0.05) is 24.4 Å². The number of aromatic nitrogens is 5. The number of sulfonamides is 1. The molecule has 37 heavy (non-hydrogen) atoms. The molecule has 1 fully saturated rings. The molecule has 0 radical (unpaired) electrons. The fourth-order valence-electron chi connectivity index (χ4n) is 4.92. The average Bonchev–Trinajstić information content (AvgIpc) is 3.31. The third-order valence-electron chi connectivity index (χ3n) is 6.82. The van der Waals surface area contributed by atoms with E-state index in [-0.39, 0.29) is 23.8 Å². The number of hydrogen-bond donors (Lipinski definition) is 1. The number of aromatic amines is 1. The van der Waals surface area contributed by atoms with Crippen LogP contribution in [0.5, 0.6) is 0 Å². The van der Waals surface area contributed by atoms with Crippen LogP contribution in [0.2, 0.25) is 0 Å². The molecule has 188 valence electrons. The molecule has 0 aliphatic carbocycles. The van der Waals surface area contributed by atoms with E-state index < -0.39 is 15.6 Å². The zero-order valence-electron chi connectivity index (χ0n) is 19.7. The molecule has 1 N–H and O–H groups in total. The Morgan fingerprint density at radius 3 is 2.57 bits per heavy atom. The number of piperidine rings is 1. The average molecular weight is 519 g/mol. The Labute approximate surface area is 211 Å². The van der Waals surface area contributed by atoms with Gasteiger partial charge in [-0.3, -0.25) is 4.79 Å². The van der Waals surface area contributed by atoms with Gasteiger partial charge in [0.15, 0.2) is 11.2 Å². The number of halogens is 1. The fourth-order valence-corrected chi connectivity index (χ4v) is 6.60. The number of fused-ring (bicyclic) bond motifs is 2. The molecule has 1 saturated heterocycles. The number of benzene rings is 3. The summed E-state index contributed by atoms with van der Waals surface area (Å²) in [6.45, 7) is 0.823. The Bertz CT molecular complexity index is 1790. The maximum absolute atomic E-state index is 13.6. The summed E-state index contributed by atoms with van der Waals surface area (Å²) in [6.07, 6.45) is 1.01. The first-order valence-electron chi connectivity index (χ1n) is 12.0. The van der Waals surface area contributed by atoms with Crippen molar-refractivity contribution in [2.24, 2.45) is 0 Å². The maximum atomic E-state index is 13.6. The highest BCUT2D eigenvalue weighted by atomic mass is 32.2. The molecule has 0 atom stereocenters. The van der Waals surface area contributed by atoms with Crippen molar-refractivity contribution >= 4 is 32.0 Å². The second-order valence-electron chi connectivity index (χ2n) is 9.16. The molecule has 0 spiro atoms. The van der Waals surface area contributed by atoms with Crippen LogP contribution >= 0.6 is 0 Å². The molecular formula is C26H23FN6O3S. The van der Waals surface area contributed by atoms with Crippen molar-refractivity contribution in [3.05, 3.63) is 94.3 Å². The molecule has 3 aromatic carbocycles. The van der Waals surface area contributed by atoms with Crippen LogP contribution in [0.1, 0.15) is 30.1 Å². The minimum Gasteiger partial charge on any atom is -0.308 e. The van der Waals surface area contributed by atoms with Gasteiger partial charge in [-0.1, -0.05) is 53.7 Å². The highest BCUT2D eigenvalue weighted by Crippen LogP contribution is 2.31. The lowest BCUT2D eigenvalue weighted by Crippen LogP contribution is -2.38. The first-order chi connectivity index (χ1) is 17.9. The van der Waals surface area contributed by atoms with Crippen LogP contribution in [0.15, 0.2) is 76.4 Å². The van der Waals surface area contributed by atoms with Crippen LogP contribution in [0.3, 0.4) is 0 Å². The topological polar surface area (TPSA) is 114 Å². The number of H-pyrrole nitrogens is 1. The van der Waals surface area contributed by atoms with E-state index in [0.717, 1.165) is 5.39 Å². The molecular weight excluding hydrogens is 495 g/mol. The van der Waals surface area contributed by atoms with Gasteiger partial charge in [-0.25, -0.2) is 22.5 Å². The molecule has 1 aliphatic heterocycles. The van der Waals surface area contributed by atoms with E-state index >= 15 is 0 Å². The predicted molar refractivity (Wildman–Crippen MR) is 136 cm³/mol. The smallest absolute Gasteiger partial charge is 0.281 e. The highest BCUT2D eigenvalue weighted by Gasteiger charge is 2.32. The first kappa shape index (κ1) is 23.4. The third kappa shape index (κ3) is 4.30. The summed E-state index contributed by atoms with van der Waals surface area (Å²) in [4.78, 5) is 20.5. The van der Waals surface area contributed by atoms with Crippen molar-refractivity contribution < 1.29 is 12.8 Å². The van der Waals surface area contributed by atoms with E-state index in [4.69, 9.17) is 0 Å². The highest BCUT2D eigenvalue weighted by molar-refractivity contribution is 7.89. The van der Waals surface area contributed by atoms with Crippen molar-refractivity contribution in [2.75, 3.05) is 13.1 Å². The number of nitrogens with one attached hydrogen (secondary N) is 1. The Hall–Kier alpha value is -3.96. The summed E-state index contributed by atoms with van der Waals surface area (Å²) in [5.74, 6) is -0.0188. The zero-order valence-corrected chi connectivity index (χ0v) is 20.5. The summed E-state index contributed by atoms with van der Waals surface area (Å²) in [7, 11) is -3.69. The molecule has 0 amide bonds. The third-order valence-corrected chi connectivity index (χ3v) is 8.78. The van der Waals surface area contributed by atoms with Crippen LogP contribution in [0.4, 0.5) is 4.39 Å². The number of hydrogen-bond acceptors (Lipinski definition) is 6. The summed E-state index contributed by atoms with van der Waals surface area (Å²) in [5, 5.41) is 9.56. The van der Waals surface area contributed by atoms with Crippen molar-refractivity contribution in [3.8, 4) is 0 Å². The van der Waals surface area contributed by atoms with Gasteiger partial charge in [-0.2, -0.15) is 4.31 Å². The normalized spacial score (nSPS) is 15.5. The maximum Gasteiger partial charge on any atom is 0.281 e. The molecule has 2 aromatic heterocycles. The monoisotopic (exact) mass is 518 g/mol. The van der Waals surface area contributed by atoms with Crippen LogP contribution in [-0.2, 0) is 16.6 Å². The van der Waals surface area contributed by atoms with E-state index in [1.165, 1.54) is 21.1 Å². The lowest BCUT2D eigenvalue weighted by Gasteiger charge is -2.31. The predicted octanol–water partition coefficient (Wildman–Crippen LogP) is 3.42. The van der Waals surface area contributed by atoms with Gasteiger partial charge in [0.05, 0.1) is 11.4 Å². The molecule has 0 bridgehead atoms. The van der Waals surface area contributed by atoms with E-state index in [0.29, 0.717) is 53.2 Å². The molecule has 0 unspecified atom stereocenters. The van der Waals surface area contributed by atoms with Gasteiger partial charge in [0.2, 0.25) is 10.0 Å². The Kier molecular flexibility index (Phi) is 5.81. The lowest BCUT2D eigenvalue weighted by atomic mass is 9.97. The van der Waals surface area contributed by atoms with Crippen molar-refractivity contribution in [2.45, 2.75) is 30.2 Å². The summed E-state index contributed by atoms with van der Waals surface area (Å²) >= 11 is 0. The Morgan fingerprint density at radius 1 is 1.00 bits per heavy atom. The summed E-state index contributed by atoms with van der Waals surface area (Å²) in [6, 6.07) is 18.8. The molecule has 9 nitrogen and oxygen atoms in total. The van der Waals surface area contributed by atoms with E-state index in [1.807, 2.05) is 30.3 Å². The van der Waals surface area contributed by atoms with Crippen LogP contribution in [0, 0.1) is 5.82 Å². The van der Waals surface area contributed by atoms with E-state index in [1.54, 1.807) is 24.3 Å². The van der Waals surface area contributed by atoms with Crippen molar-refractivity contribution in [1.82, 2.24) is 29.3 Å². The quantitative estimate of drug-likeness (QED) is 0.381. The Balaban J connectivity index is 1.25. The molecule has 6 rings (SSSR count). The first-order valence-corrected chi connectivity index (χ1v) is 13.4. The molecule has 1 aliphatic rings. The van der Waals surface area contributed by atoms with Crippen molar-refractivity contribution in [1.29, 1.82) is 0 Å². The standard InChI is InChI=1S/C26H23FN6O3S/c27-20-8-3-5-17(15-20)16-33-25-23(30-31-33)26(34)29-24(28-25)19-11-13-32(14-12-19)37(35,36)22-10-4-7-18-6-1-2-9-21(18)22/h1-10,15,19H,11-14,16H2,(H,28,29,34). The molecule has 11 heteroatoms. The number of rotatable bonds is 5.